The summed E-state index contributed by atoms with van der Waals surface area (Å²) >= 11 is 0. The van der Waals surface area contributed by atoms with E-state index in [1.165, 1.54) is 0 Å². The lowest BCUT2D eigenvalue weighted by atomic mass is 9.91. The molecule has 0 spiro atoms. The van der Waals surface area contributed by atoms with E-state index < -0.39 is 0 Å². The highest BCUT2D eigenvalue weighted by molar-refractivity contribution is 5.88. The Morgan fingerprint density at radius 2 is 1.20 bits per heavy atom. The number of hydrogen-bond acceptors (Lipinski definition) is 7. The second-order valence-electron chi connectivity index (χ2n) is 6.37. The van der Waals surface area contributed by atoms with Crippen molar-refractivity contribution in [3.05, 3.63) is 63.7 Å². The number of ether oxygens (including phenoxy) is 3. The molecule has 0 radical (unpaired) electrons. The van der Waals surface area contributed by atoms with E-state index in [0.29, 0.717) is 27.8 Å². The first-order valence-electron chi connectivity index (χ1n) is 8.57. The molecule has 2 aromatic carbocycles. The Morgan fingerprint density at radius 1 is 0.767 bits per heavy atom. The van der Waals surface area contributed by atoms with Crippen molar-refractivity contribution in [1.82, 2.24) is 0 Å². The molecular weight excluding hydrogens is 384 g/mol. The predicted molar refractivity (Wildman–Crippen MR) is 106 cm³/mol. The van der Waals surface area contributed by atoms with Crippen molar-refractivity contribution in [2.75, 3.05) is 0 Å². The lowest BCUT2D eigenvalue weighted by molar-refractivity contribution is 0.463. The third-order valence-electron chi connectivity index (χ3n) is 4.20. The van der Waals surface area contributed by atoms with Gasteiger partial charge >= 0.3 is 0 Å². The smallest absolute Gasteiger partial charge is 0.292 e. The summed E-state index contributed by atoms with van der Waals surface area (Å²) < 4.78 is 15.3. The van der Waals surface area contributed by atoms with Gasteiger partial charge in [-0.3, -0.25) is 0 Å². The minimum Gasteiger partial charge on any atom is -0.388 e. The van der Waals surface area contributed by atoms with Gasteiger partial charge in [-0.1, -0.05) is 5.57 Å². The summed E-state index contributed by atoms with van der Waals surface area (Å²) in [5, 5.41) is 30.1. The predicted octanol–water partition coefficient (Wildman–Crippen LogP) is 4.94. The van der Waals surface area contributed by atoms with Crippen LogP contribution in [0.15, 0.2) is 29.8 Å². The molecule has 0 aliphatic carbocycles. The number of rotatable bonds is 6. The molecule has 8 nitrogen and oxygen atoms in total. The van der Waals surface area contributed by atoms with Crippen molar-refractivity contribution in [2.24, 2.45) is 0 Å². The number of hydrogen-bond donors (Lipinski definition) is 0. The molecule has 0 saturated heterocycles. The van der Waals surface area contributed by atoms with Gasteiger partial charge in [0.2, 0.25) is 5.75 Å². The second-order valence-corrected chi connectivity index (χ2v) is 6.37. The molecule has 0 N–H and O–H groups in total. The molecule has 2 rings (SSSR count). The number of nitrogens with zero attached hydrogens (tertiary/aromatic N) is 4. The Bertz CT molecular complexity index is 1100. The summed E-state index contributed by atoms with van der Waals surface area (Å²) in [6.07, 6.45) is 4.94. The summed E-state index contributed by atoms with van der Waals surface area (Å²) in [7, 11) is 0. The van der Waals surface area contributed by atoms with Crippen molar-refractivity contribution >= 4 is 5.57 Å². The lowest BCUT2D eigenvalue weighted by Crippen LogP contribution is -2.01. The minimum absolute atomic E-state index is 0.229. The maximum Gasteiger partial charge on any atom is 0.292 e. The number of nitriles is 3. The zero-order chi connectivity index (χ0) is 22.3. The fraction of sp³-hybridized carbons (Fsp3) is 0.182. The van der Waals surface area contributed by atoms with E-state index in [0.717, 1.165) is 5.57 Å². The summed E-state index contributed by atoms with van der Waals surface area (Å²) in [4.78, 5) is 5.01. The van der Waals surface area contributed by atoms with Gasteiger partial charge in [-0.2, -0.15) is 11.4 Å². The van der Waals surface area contributed by atoms with Gasteiger partial charge in [0.15, 0.2) is 11.5 Å². The molecule has 0 aliphatic heterocycles. The fourth-order valence-electron chi connectivity index (χ4n) is 2.97. The minimum atomic E-state index is 0.229. The van der Waals surface area contributed by atoms with Gasteiger partial charge in [-0.15, -0.1) is 15.8 Å². The van der Waals surface area contributed by atoms with Crippen LogP contribution in [0.3, 0.4) is 0 Å². The van der Waals surface area contributed by atoms with Gasteiger partial charge in [0.1, 0.15) is 5.75 Å². The van der Waals surface area contributed by atoms with E-state index in [9.17, 15) is 0 Å². The van der Waals surface area contributed by atoms with Crippen molar-refractivity contribution in [2.45, 2.75) is 27.7 Å². The van der Waals surface area contributed by atoms with Crippen LogP contribution in [0.25, 0.3) is 10.6 Å². The molecule has 0 unspecified atom stereocenters. The Hall–Kier alpha value is -4.66. The zero-order valence-electron chi connectivity index (χ0n) is 16.7. The molecule has 0 aromatic heterocycles. The Balaban J connectivity index is 2.90. The molecule has 30 heavy (non-hydrogen) atoms. The van der Waals surface area contributed by atoms with Crippen LogP contribution in [0.1, 0.15) is 36.1 Å². The third kappa shape index (κ3) is 4.42. The highest BCUT2D eigenvalue weighted by Crippen LogP contribution is 2.43. The molecule has 148 valence electrons. The van der Waals surface area contributed by atoms with Crippen LogP contribution in [0, 0.1) is 55.0 Å². The van der Waals surface area contributed by atoms with Gasteiger partial charge in [0.05, 0.1) is 0 Å². The van der Waals surface area contributed by atoms with E-state index in [-0.39, 0.29) is 23.0 Å². The van der Waals surface area contributed by atoms with Crippen LogP contribution in [-0.4, -0.2) is 0 Å². The van der Waals surface area contributed by atoms with Gasteiger partial charge < -0.3 is 14.2 Å². The van der Waals surface area contributed by atoms with Crippen molar-refractivity contribution in [3.63, 3.8) is 0 Å². The van der Waals surface area contributed by atoms with Crippen molar-refractivity contribution in [1.29, 1.82) is 15.8 Å². The van der Waals surface area contributed by atoms with Gasteiger partial charge in [-0.25, -0.2) is 0 Å². The average Bonchev–Trinajstić information content (AvgIpc) is 2.68. The first kappa shape index (κ1) is 21.6. The van der Waals surface area contributed by atoms with Crippen LogP contribution in [0.2, 0.25) is 0 Å². The van der Waals surface area contributed by atoms with Crippen molar-refractivity contribution < 1.29 is 19.0 Å². The maximum atomic E-state index is 9.10. The number of allylic oxidation sites excluding steroid dienone is 1. The van der Waals surface area contributed by atoms with Crippen LogP contribution in [0.5, 0.6) is 23.0 Å². The molecule has 0 aliphatic rings. The highest BCUT2D eigenvalue weighted by atomic mass is 16.6. The lowest BCUT2D eigenvalue weighted by Gasteiger charge is -2.18. The molecule has 0 bridgehead atoms. The van der Waals surface area contributed by atoms with E-state index in [4.69, 9.17) is 41.4 Å². The van der Waals surface area contributed by atoms with Crippen LogP contribution in [-0.2, 0) is 0 Å². The largest absolute Gasteiger partial charge is 0.388 e. The Morgan fingerprint density at radius 3 is 1.63 bits per heavy atom. The Labute approximate surface area is 174 Å². The number of aryl methyl sites for hydroxylation is 2. The van der Waals surface area contributed by atoms with Crippen LogP contribution < -0.4 is 19.0 Å². The second kappa shape index (κ2) is 9.51. The fourth-order valence-corrected chi connectivity index (χ4v) is 2.97. The van der Waals surface area contributed by atoms with Gasteiger partial charge in [0, 0.05) is 22.8 Å². The molecule has 0 saturated carbocycles. The zero-order valence-corrected chi connectivity index (χ0v) is 16.7. The molecule has 0 heterocycles. The summed E-state index contributed by atoms with van der Waals surface area (Å²) in [6.45, 7) is 14.1. The van der Waals surface area contributed by atoms with Gasteiger partial charge in [0.25, 0.3) is 18.8 Å². The van der Waals surface area contributed by atoms with Crippen molar-refractivity contribution in [3.8, 4) is 41.8 Å². The molecule has 0 atom stereocenters. The quantitative estimate of drug-likeness (QED) is 0.383. The van der Waals surface area contributed by atoms with E-state index >= 15 is 0 Å². The molecule has 0 fully saturated rings. The van der Waals surface area contributed by atoms with Crippen LogP contribution in [0.4, 0.5) is 0 Å². The van der Waals surface area contributed by atoms with E-state index in [1.54, 1.807) is 56.9 Å². The average molecular weight is 400 g/mol. The molecule has 8 heteroatoms. The summed E-state index contributed by atoms with van der Waals surface area (Å²) in [5.41, 5.74) is 3.41. The van der Waals surface area contributed by atoms with E-state index in [2.05, 4.69) is 5.01 Å². The molecular formula is C22H16N4O4. The van der Waals surface area contributed by atoms with E-state index in [1.807, 2.05) is 13.8 Å². The molecule has 2 aromatic rings. The topological polar surface area (TPSA) is 113 Å². The monoisotopic (exact) mass is 400 g/mol. The standard InChI is InChI=1S/C22H16N4O4/c1-13(2)22(16-8-18(27-10-23)14(3)6-20(16)28-11-24)17-9-19(30-26-5)15(4)7-21(17)29-12-25/h6-9H,1-4H3. The summed E-state index contributed by atoms with van der Waals surface area (Å²) in [6, 6.07) is 6.29. The SMILES string of the molecule is [C-]#[N+]Oc1cc(C(=C(C)C)c2cc(OC#N)c(C)cc2OC#N)c(OC#N)cc1C. The van der Waals surface area contributed by atoms with Crippen LogP contribution >= 0.6 is 0 Å². The van der Waals surface area contributed by atoms with Gasteiger partial charge in [-0.05, 0) is 62.0 Å². The Kier molecular flexibility index (Phi) is 6.86. The molecule has 0 amide bonds. The normalized spacial score (nSPS) is 9.20. The third-order valence-corrected chi connectivity index (χ3v) is 4.20. The highest BCUT2D eigenvalue weighted by Gasteiger charge is 2.22. The first-order chi connectivity index (χ1) is 14.4. The summed E-state index contributed by atoms with van der Waals surface area (Å²) in [5.74, 6) is 1.03. The number of benzene rings is 2. The first-order valence-corrected chi connectivity index (χ1v) is 8.57. The maximum absolute atomic E-state index is 9.10.